The molecule has 152 valence electrons. The maximum Gasteiger partial charge on any atom is 0.328 e. The molecule has 3 rings (SSSR count). The van der Waals surface area contributed by atoms with E-state index in [2.05, 4.69) is 15.3 Å². The van der Waals surface area contributed by atoms with Crippen molar-refractivity contribution in [1.82, 2.24) is 23.1 Å². The van der Waals surface area contributed by atoms with Crippen LogP contribution in [0.1, 0.15) is 17.0 Å². The number of hydrogen-bond acceptors (Lipinski definition) is 7. The molecule has 1 amide bonds. The molecule has 0 atom stereocenters. The van der Waals surface area contributed by atoms with Crippen molar-refractivity contribution in [3.63, 3.8) is 0 Å². The Balaban J connectivity index is 1.62. The van der Waals surface area contributed by atoms with Crippen molar-refractivity contribution in [3.8, 4) is 0 Å². The lowest BCUT2D eigenvalue weighted by Crippen LogP contribution is -2.42. The average molecular weight is 428 g/mol. The molecule has 0 bridgehead atoms. The monoisotopic (exact) mass is 428 g/mol. The van der Waals surface area contributed by atoms with Gasteiger partial charge in [-0.3, -0.25) is 14.6 Å². The zero-order valence-corrected chi connectivity index (χ0v) is 17.0. The topological polar surface area (TPSA) is 137 Å². The van der Waals surface area contributed by atoms with Crippen LogP contribution in [0.4, 0.5) is 5.13 Å². The second-order valence-electron chi connectivity index (χ2n) is 6.36. The summed E-state index contributed by atoms with van der Waals surface area (Å²) in [6.45, 7) is 0.664. The summed E-state index contributed by atoms with van der Waals surface area (Å²) in [6, 6.07) is 1.21. The van der Waals surface area contributed by atoms with Gasteiger partial charge >= 0.3 is 5.69 Å². The third-order valence-corrected chi connectivity index (χ3v) is 7.09. The molecule has 0 radical (unpaired) electrons. The number of rotatable bonds is 6. The van der Waals surface area contributed by atoms with Gasteiger partial charge in [0.05, 0.1) is 12.2 Å². The van der Waals surface area contributed by atoms with E-state index >= 15 is 0 Å². The van der Waals surface area contributed by atoms with Crippen LogP contribution >= 0.6 is 11.3 Å². The molecule has 0 aliphatic carbocycles. The second kappa shape index (κ2) is 7.95. The molecule has 11 nitrogen and oxygen atoms in total. The zero-order chi connectivity index (χ0) is 20.5. The molecule has 0 saturated heterocycles. The largest absolute Gasteiger partial charge is 0.328 e. The molecule has 2 aromatic heterocycles. The van der Waals surface area contributed by atoms with Crippen LogP contribution < -0.4 is 16.6 Å². The van der Waals surface area contributed by atoms with Crippen molar-refractivity contribution in [1.29, 1.82) is 0 Å². The summed E-state index contributed by atoms with van der Waals surface area (Å²) in [4.78, 5) is 42.1. The summed E-state index contributed by atoms with van der Waals surface area (Å²) in [5.41, 5.74) is -0.293. The number of aromatic nitrogens is 3. The summed E-state index contributed by atoms with van der Waals surface area (Å²) < 4.78 is 28.3. The first-order valence-electron chi connectivity index (χ1n) is 8.42. The van der Waals surface area contributed by atoms with Crippen molar-refractivity contribution < 1.29 is 13.2 Å². The van der Waals surface area contributed by atoms with Crippen LogP contribution in [0.5, 0.6) is 0 Å². The van der Waals surface area contributed by atoms with E-state index in [0.29, 0.717) is 18.1 Å². The molecule has 0 spiro atoms. The van der Waals surface area contributed by atoms with Crippen molar-refractivity contribution in [3.05, 3.63) is 43.7 Å². The minimum atomic E-state index is -3.50. The summed E-state index contributed by atoms with van der Waals surface area (Å²) in [7, 11) is -0.536. The summed E-state index contributed by atoms with van der Waals surface area (Å²) >= 11 is 1.24. The van der Waals surface area contributed by atoms with E-state index in [1.165, 1.54) is 50.9 Å². The fourth-order valence-electron chi connectivity index (χ4n) is 2.68. The van der Waals surface area contributed by atoms with E-state index in [1.807, 2.05) is 0 Å². The molecule has 13 heteroatoms. The quantitative estimate of drug-likeness (QED) is 0.617. The Morgan fingerprint density at radius 1 is 1.39 bits per heavy atom. The van der Waals surface area contributed by atoms with E-state index in [1.54, 1.807) is 0 Å². The average Bonchev–Trinajstić information content (AvgIpc) is 3.02. The van der Waals surface area contributed by atoms with Crippen LogP contribution in [0, 0.1) is 0 Å². The molecule has 0 unspecified atom stereocenters. The molecule has 0 fully saturated rings. The number of carbonyl (C=O) groups excluding carboxylic acids is 1. The lowest BCUT2D eigenvalue weighted by Gasteiger charge is -2.27. The van der Waals surface area contributed by atoms with Crippen LogP contribution in [0.2, 0.25) is 0 Å². The molecule has 2 aromatic rings. The highest BCUT2D eigenvalue weighted by Gasteiger charge is 2.30. The molecular weight excluding hydrogens is 408 g/mol. The van der Waals surface area contributed by atoms with Gasteiger partial charge in [-0.25, -0.2) is 9.78 Å². The fourth-order valence-corrected chi connectivity index (χ4v) is 4.88. The minimum absolute atomic E-state index is 0.0251. The lowest BCUT2D eigenvalue weighted by atomic mass is 10.2. The number of thiazole rings is 1. The third kappa shape index (κ3) is 4.38. The van der Waals surface area contributed by atoms with Gasteiger partial charge in [0.1, 0.15) is 0 Å². The van der Waals surface area contributed by atoms with Crippen molar-refractivity contribution in [2.24, 2.45) is 0 Å². The van der Waals surface area contributed by atoms with Gasteiger partial charge in [0.2, 0.25) is 5.91 Å². The van der Waals surface area contributed by atoms with Crippen LogP contribution in [0.3, 0.4) is 0 Å². The number of aromatic amines is 1. The smallest absolute Gasteiger partial charge is 0.302 e. The SMILES string of the molecule is CN(C)S(=O)(=O)N1CCc2nc(NC(=O)CCn3ccc(=O)[nH]c3=O)sc2C1. The Kier molecular flexibility index (Phi) is 5.79. The Labute approximate surface area is 164 Å². The number of fused-ring (bicyclic) bond motifs is 1. The van der Waals surface area contributed by atoms with E-state index in [4.69, 9.17) is 0 Å². The highest BCUT2D eigenvalue weighted by atomic mass is 32.2. The number of nitrogens with one attached hydrogen (secondary N) is 2. The van der Waals surface area contributed by atoms with Crippen LogP contribution in [0.25, 0.3) is 0 Å². The molecule has 0 saturated carbocycles. The predicted molar refractivity (Wildman–Crippen MR) is 103 cm³/mol. The van der Waals surface area contributed by atoms with Gasteiger partial charge in [0, 0.05) is 57.2 Å². The van der Waals surface area contributed by atoms with Crippen molar-refractivity contribution >= 4 is 32.6 Å². The zero-order valence-electron chi connectivity index (χ0n) is 15.3. The summed E-state index contributed by atoms with van der Waals surface area (Å²) in [6.07, 6.45) is 1.83. The number of anilines is 1. The molecule has 3 heterocycles. The van der Waals surface area contributed by atoms with Crippen molar-refractivity contribution in [2.45, 2.75) is 25.9 Å². The fraction of sp³-hybridized carbons (Fsp3) is 0.467. The first-order chi connectivity index (χ1) is 13.2. The second-order valence-corrected chi connectivity index (χ2v) is 9.59. The highest BCUT2D eigenvalue weighted by Crippen LogP contribution is 2.29. The first-order valence-corrected chi connectivity index (χ1v) is 10.6. The molecule has 1 aliphatic heterocycles. The molecule has 2 N–H and O–H groups in total. The maximum absolute atomic E-state index is 12.3. The van der Waals surface area contributed by atoms with Crippen LogP contribution in [-0.4, -0.2) is 58.1 Å². The third-order valence-electron chi connectivity index (χ3n) is 4.21. The van der Waals surface area contributed by atoms with E-state index in [0.717, 1.165) is 10.6 Å². The summed E-state index contributed by atoms with van der Waals surface area (Å²) in [5.74, 6) is -0.332. The van der Waals surface area contributed by atoms with Crippen LogP contribution in [-0.2, 0) is 34.5 Å². The molecule has 1 aliphatic rings. The number of carbonyl (C=O) groups is 1. The van der Waals surface area contributed by atoms with Crippen LogP contribution in [0.15, 0.2) is 21.9 Å². The normalized spacial score (nSPS) is 14.8. The van der Waals surface area contributed by atoms with Gasteiger partial charge in [-0.2, -0.15) is 17.0 Å². The van der Waals surface area contributed by atoms with Gasteiger partial charge in [-0.1, -0.05) is 0 Å². The van der Waals surface area contributed by atoms with Gasteiger partial charge in [-0.15, -0.1) is 11.3 Å². The van der Waals surface area contributed by atoms with Gasteiger partial charge < -0.3 is 9.88 Å². The minimum Gasteiger partial charge on any atom is -0.302 e. The van der Waals surface area contributed by atoms with Crippen molar-refractivity contribution in [2.75, 3.05) is 26.0 Å². The Bertz CT molecular complexity index is 1100. The van der Waals surface area contributed by atoms with E-state index < -0.39 is 21.5 Å². The first kappa shape index (κ1) is 20.4. The highest BCUT2D eigenvalue weighted by molar-refractivity contribution is 7.86. The van der Waals surface area contributed by atoms with Gasteiger partial charge in [-0.05, 0) is 0 Å². The Morgan fingerprint density at radius 2 is 2.14 bits per heavy atom. The number of H-pyrrole nitrogens is 1. The molecule has 0 aromatic carbocycles. The standard InChI is InChI=1S/C15H20N6O5S2/c1-19(2)28(25,26)21-8-3-10-11(9-21)27-14(16-10)17-12(22)4-6-20-7-5-13(23)18-15(20)24/h5,7H,3-4,6,8-9H2,1-2H3,(H,16,17,22)(H,18,23,24). The molecular formula is C15H20N6O5S2. The summed E-state index contributed by atoms with van der Waals surface area (Å²) in [5, 5.41) is 3.08. The maximum atomic E-state index is 12.3. The van der Waals surface area contributed by atoms with E-state index in [9.17, 15) is 22.8 Å². The number of aryl methyl sites for hydroxylation is 1. The predicted octanol–water partition coefficient (Wildman–Crippen LogP) is -0.814. The lowest BCUT2D eigenvalue weighted by molar-refractivity contribution is -0.116. The number of amides is 1. The Hall–Kier alpha value is -2.35. The molecule has 28 heavy (non-hydrogen) atoms. The Morgan fingerprint density at radius 3 is 2.82 bits per heavy atom. The van der Waals surface area contributed by atoms with E-state index in [-0.39, 0.29) is 25.4 Å². The number of hydrogen-bond donors (Lipinski definition) is 2. The number of nitrogens with zero attached hydrogens (tertiary/aromatic N) is 4. The van der Waals surface area contributed by atoms with Gasteiger partial charge in [0.25, 0.3) is 15.8 Å². The van der Waals surface area contributed by atoms with Gasteiger partial charge in [0.15, 0.2) is 5.13 Å².